The predicted octanol–water partition coefficient (Wildman–Crippen LogP) is 3.41. The van der Waals surface area contributed by atoms with Crippen molar-refractivity contribution in [1.82, 2.24) is 10.6 Å². The zero-order valence-corrected chi connectivity index (χ0v) is 19.9. The lowest BCUT2D eigenvalue weighted by molar-refractivity contribution is -0.129. The van der Waals surface area contributed by atoms with Gasteiger partial charge in [0.05, 0.1) is 17.2 Å². The predicted molar refractivity (Wildman–Crippen MR) is 128 cm³/mol. The molecule has 0 radical (unpaired) electrons. The van der Waals surface area contributed by atoms with Crippen LogP contribution in [0, 0.1) is 5.82 Å². The first-order valence-corrected chi connectivity index (χ1v) is 11.2. The van der Waals surface area contributed by atoms with Crippen molar-refractivity contribution in [3.63, 3.8) is 0 Å². The lowest BCUT2D eigenvalue weighted by Gasteiger charge is -2.29. The number of hydrogen-bond donors (Lipinski definition) is 4. The van der Waals surface area contributed by atoms with E-state index >= 15 is 0 Å². The van der Waals surface area contributed by atoms with Gasteiger partial charge in [-0.3, -0.25) is 9.59 Å². The van der Waals surface area contributed by atoms with Crippen molar-refractivity contribution in [3.8, 4) is 11.5 Å². The molecule has 11 heteroatoms. The first kappa shape index (κ1) is 26.5. The molecule has 0 saturated heterocycles. The van der Waals surface area contributed by atoms with Crippen LogP contribution >= 0.6 is 23.2 Å². The standard InChI is InChI=1S/C24H23Cl2FN2O6/c1-12(28-24(33)22-10-20(31)16-8-14(25)3-6-21(16)35-22)7-19(30)13(2)29-23(32)11-34-15-4-5-17(26)18(27)9-15/h3-6,8-9,19-20,22,30-31H,1-2,7,10-11H2,(H,28,33)(H,29,32)/t19-,20?,22?/m0/s1. The Morgan fingerprint density at radius 3 is 2.66 bits per heavy atom. The van der Waals surface area contributed by atoms with Gasteiger partial charge in [-0.2, -0.15) is 0 Å². The van der Waals surface area contributed by atoms with Gasteiger partial charge in [0.25, 0.3) is 11.8 Å². The smallest absolute Gasteiger partial charge is 0.265 e. The molecular weight excluding hydrogens is 502 g/mol. The minimum absolute atomic E-state index is 0.00922. The second-order valence-corrected chi connectivity index (χ2v) is 8.63. The molecule has 3 atom stereocenters. The van der Waals surface area contributed by atoms with E-state index in [1.165, 1.54) is 12.1 Å². The topological polar surface area (TPSA) is 117 Å². The number of carbonyl (C=O) groups excluding carboxylic acids is 2. The third-order valence-electron chi connectivity index (χ3n) is 5.03. The number of halogens is 3. The Kier molecular flexibility index (Phi) is 8.74. The van der Waals surface area contributed by atoms with Gasteiger partial charge in [0.1, 0.15) is 17.3 Å². The Morgan fingerprint density at radius 1 is 1.20 bits per heavy atom. The van der Waals surface area contributed by atoms with Crippen LogP contribution in [0.15, 0.2) is 61.0 Å². The molecule has 0 spiro atoms. The van der Waals surface area contributed by atoms with Gasteiger partial charge in [-0.15, -0.1) is 0 Å². The lowest BCUT2D eigenvalue weighted by atomic mass is 9.98. The van der Waals surface area contributed by atoms with Crippen LogP contribution in [-0.2, 0) is 9.59 Å². The number of hydrogen-bond acceptors (Lipinski definition) is 6. The SMILES string of the molecule is C=C(C[C@H](O)C(=C)NC(=O)COc1ccc(Cl)c(F)c1)NC(=O)C1CC(O)c2cc(Cl)ccc2O1. The summed E-state index contributed by atoms with van der Waals surface area (Å²) in [5.74, 6) is -1.43. The molecule has 1 aliphatic heterocycles. The minimum atomic E-state index is -1.26. The van der Waals surface area contributed by atoms with Gasteiger partial charge in [0.2, 0.25) is 0 Å². The summed E-state index contributed by atoms with van der Waals surface area (Å²) in [6, 6.07) is 8.45. The molecule has 0 fully saturated rings. The Bertz CT molecular complexity index is 1160. The number of ether oxygens (including phenoxy) is 2. The van der Waals surface area contributed by atoms with Gasteiger partial charge in [0.15, 0.2) is 12.7 Å². The molecule has 2 amide bonds. The molecule has 2 aromatic rings. The highest BCUT2D eigenvalue weighted by molar-refractivity contribution is 6.31. The Balaban J connectivity index is 1.44. The average molecular weight is 525 g/mol. The van der Waals surface area contributed by atoms with Gasteiger partial charge in [-0.25, -0.2) is 4.39 Å². The largest absolute Gasteiger partial charge is 0.484 e. The summed E-state index contributed by atoms with van der Waals surface area (Å²) in [4.78, 5) is 24.6. The van der Waals surface area contributed by atoms with Crippen molar-refractivity contribution in [2.45, 2.75) is 31.2 Å². The maximum atomic E-state index is 13.4. The number of aliphatic hydroxyl groups is 2. The normalized spacial score (nSPS) is 17.4. The van der Waals surface area contributed by atoms with Crippen molar-refractivity contribution in [3.05, 3.63) is 82.4 Å². The van der Waals surface area contributed by atoms with Crippen LogP contribution in [0.1, 0.15) is 24.5 Å². The van der Waals surface area contributed by atoms with Crippen molar-refractivity contribution >= 4 is 35.0 Å². The fourth-order valence-electron chi connectivity index (χ4n) is 3.26. The molecule has 0 bridgehead atoms. The van der Waals surface area contributed by atoms with E-state index in [0.717, 1.165) is 6.07 Å². The molecule has 2 aromatic carbocycles. The molecule has 2 unspecified atom stereocenters. The van der Waals surface area contributed by atoms with Crippen LogP contribution in [0.2, 0.25) is 10.0 Å². The van der Waals surface area contributed by atoms with Gasteiger partial charge >= 0.3 is 0 Å². The van der Waals surface area contributed by atoms with E-state index in [-0.39, 0.29) is 35.0 Å². The highest BCUT2D eigenvalue weighted by atomic mass is 35.5. The zero-order chi connectivity index (χ0) is 25.7. The van der Waals surface area contributed by atoms with E-state index in [2.05, 4.69) is 23.8 Å². The van der Waals surface area contributed by atoms with E-state index in [9.17, 15) is 24.2 Å². The van der Waals surface area contributed by atoms with Crippen LogP contribution in [0.25, 0.3) is 0 Å². The van der Waals surface area contributed by atoms with Gasteiger partial charge < -0.3 is 30.3 Å². The number of benzene rings is 2. The van der Waals surface area contributed by atoms with E-state index in [0.29, 0.717) is 16.3 Å². The van der Waals surface area contributed by atoms with Gasteiger partial charge in [-0.1, -0.05) is 36.4 Å². The maximum absolute atomic E-state index is 13.4. The number of aliphatic hydroxyl groups excluding tert-OH is 2. The summed E-state index contributed by atoms with van der Waals surface area (Å²) in [6.45, 7) is 6.85. The monoisotopic (exact) mass is 524 g/mol. The summed E-state index contributed by atoms with van der Waals surface area (Å²) < 4.78 is 24.3. The summed E-state index contributed by atoms with van der Waals surface area (Å²) in [5, 5.41) is 25.9. The molecule has 3 rings (SSSR count). The number of nitrogens with one attached hydrogen (secondary N) is 2. The molecular formula is C24H23Cl2FN2O6. The molecule has 0 aliphatic carbocycles. The Morgan fingerprint density at radius 2 is 1.94 bits per heavy atom. The number of amides is 2. The van der Waals surface area contributed by atoms with Crippen molar-refractivity contribution < 1.29 is 33.7 Å². The van der Waals surface area contributed by atoms with Crippen LogP contribution in [0.4, 0.5) is 4.39 Å². The lowest BCUT2D eigenvalue weighted by Crippen LogP contribution is -2.41. The first-order chi connectivity index (χ1) is 16.5. The molecule has 186 valence electrons. The molecule has 35 heavy (non-hydrogen) atoms. The molecule has 1 heterocycles. The zero-order valence-electron chi connectivity index (χ0n) is 18.4. The summed E-state index contributed by atoms with van der Waals surface area (Å²) >= 11 is 11.5. The fraction of sp³-hybridized carbons (Fsp3) is 0.250. The molecule has 0 saturated carbocycles. The van der Waals surface area contributed by atoms with Crippen molar-refractivity contribution in [1.29, 1.82) is 0 Å². The quantitative estimate of drug-likeness (QED) is 0.399. The number of carbonyl (C=O) groups is 2. The summed E-state index contributed by atoms with van der Waals surface area (Å²) in [6.07, 6.45) is -3.32. The van der Waals surface area contributed by atoms with Crippen LogP contribution in [0.5, 0.6) is 11.5 Å². The summed E-state index contributed by atoms with van der Waals surface area (Å²) in [5.41, 5.74) is 0.588. The first-order valence-electron chi connectivity index (χ1n) is 10.4. The second kappa shape index (κ2) is 11.5. The van der Waals surface area contributed by atoms with E-state index < -0.39 is 42.6 Å². The molecule has 0 aromatic heterocycles. The number of fused-ring (bicyclic) bond motifs is 1. The molecule has 8 nitrogen and oxygen atoms in total. The second-order valence-electron chi connectivity index (χ2n) is 7.79. The highest BCUT2D eigenvalue weighted by Gasteiger charge is 2.32. The van der Waals surface area contributed by atoms with E-state index in [1.807, 2.05) is 0 Å². The van der Waals surface area contributed by atoms with Crippen LogP contribution in [-0.4, -0.2) is 40.8 Å². The van der Waals surface area contributed by atoms with Gasteiger partial charge in [0, 0.05) is 40.9 Å². The fourth-order valence-corrected chi connectivity index (χ4v) is 3.55. The Labute approximate surface area is 210 Å². The molecule has 1 aliphatic rings. The highest BCUT2D eigenvalue weighted by Crippen LogP contribution is 2.36. The minimum Gasteiger partial charge on any atom is -0.484 e. The van der Waals surface area contributed by atoms with Gasteiger partial charge in [-0.05, 0) is 30.3 Å². The third-order valence-corrected chi connectivity index (χ3v) is 5.57. The van der Waals surface area contributed by atoms with Crippen molar-refractivity contribution in [2.24, 2.45) is 0 Å². The maximum Gasteiger partial charge on any atom is 0.265 e. The van der Waals surface area contributed by atoms with E-state index in [4.69, 9.17) is 32.7 Å². The van der Waals surface area contributed by atoms with E-state index in [1.54, 1.807) is 18.2 Å². The molecule has 4 N–H and O–H groups in total. The third kappa shape index (κ3) is 7.19. The average Bonchev–Trinajstić information content (AvgIpc) is 2.80. The van der Waals surface area contributed by atoms with Crippen LogP contribution < -0.4 is 20.1 Å². The van der Waals surface area contributed by atoms with Crippen molar-refractivity contribution in [2.75, 3.05) is 6.61 Å². The number of rotatable bonds is 9. The summed E-state index contributed by atoms with van der Waals surface area (Å²) in [7, 11) is 0. The van der Waals surface area contributed by atoms with Crippen LogP contribution in [0.3, 0.4) is 0 Å². The Hall–Kier alpha value is -3.11.